The van der Waals surface area contributed by atoms with Crippen LogP contribution < -0.4 is 15.0 Å². The molecule has 3 heterocycles. The minimum absolute atomic E-state index is 0.0691. The summed E-state index contributed by atoms with van der Waals surface area (Å²) in [5.74, 6) is -1.85. The van der Waals surface area contributed by atoms with E-state index in [9.17, 15) is 29.1 Å². The Morgan fingerprint density at radius 1 is 1.20 bits per heavy atom. The molecule has 0 aliphatic carbocycles. The van der Waals surface area contributed by atoms with Crippen molar-refractivity contribution in [3.8, 4) is 5.75 Å². The topological polar surface area (TPSA) is 194 Å². The lowest BCUT2D eigenvalue weighted by atomic mass is 9.83. The maximum atomic E-state index is 14.3. The van der Waals surface area contributed by atoms with Gasteiger partial charge >= 0.3 is 18.0 Å². The minimum atomic E-state index is -1.85. The number of epoxide rings is 1. The number of fused-ring (bicyclic) bond motifs is 5. The number of carboxylic acid groups (broad SMARTS) is 1. The summed E-state index contributed by atoms with van der Waals surface area (Å²) in [6, 6.07) is 2.54. The lowest BCUT2D eigenvalue weighted by molar-refractivity contribution is -0.162. The Balaban J connectivity index is 1.62. The average Bonchev–Trinajstić information content (AvgIpc) is 3.88. The zero-order chi connectivity index (χ0) is 44.7. The number of carbonyl (C=O) groups is 5. The van der Waals surface area contributed by atoms with E-state index >= 15 is 0 Å². The third-order valence-electron chi connectivity index (χ3n) is 11.4. The predicted octanol–water partition coefficient (Wildman–Crippen LogP) is 6.32. The number of rotatable bonds is 14. The number of aliphatic carboxylic acids is 1. The van der Waals surface area contributed by atoms with Gasteiger partial charge in [0.2, 0.25) is 11.8 Å². The van der Waals surface area contributed by atoms with E-state index in [1.807, 2.05) is 26.8 Å². The van der Waals surface area contributed by atoms with Crippen LogP contribution in [0.15, 0.2) is 35.9 Å². The van der Waals surface area contributed by atoms with Crippen molar-refractivity contribution in [3.63, 3.8) is 0 Å². The molecule has 3 amide bonds. The number of carbonyl (C=O) groups excluding carboxylic acids is 4. The Morgan fingerprint density at radius 2 is 1.90 bits per heavy atom. The molecule has 60 heavy (non-hydrogen) atoms. The van der Waals surface area contributed by atoms with Crippen LogP contribution in [-0.4, -0.2) is 126 Å². The van der Waals surface area contributed by atoms with Crippen molar-refractivity contribution in [3.05, 3.63) is 46.5 Å². The first-order valence-electron chi connectivity index (χ1n) is 19.9. The monoisotopic (exact) mass is 897 g/mol. The van der Waals surface area contributed by atoms with Crippen molar-refractivity contribution in [2.45, 2.75) is 133 Å². The summed E-state index contributed by atoms with van der Waals surface area (Å²) < 4.78 is 29.1. The molecule has 2 saturated heterocycles. The number of esters is 1. The van der Waals surface area contributed by atoms with Gasteiger partial charge in [0.1, 0.15) is 40.7 Å². The van der Waals surface area contributed by atoms with Crippen LogP contribution in [0.1, 0.15) is 85.6 Å². The molecular formula is C42H60ClN3O12S2. The summed E-state index contributed by atoms with van der Waals surface area (Å²) in [5.41, 5.74) is -1.01. The Labute approximate surface area is 365 Å². The molecule has 2 fully saturated rings. The summed E-state index contributed by atoms with van der Waals surface area (Å²) in [4.78, 5) is 68.1. The molecule has 3 N–H and O–H groups in total. The lowest BCUT2D eigenvalue weighted by Crippen LogP contribution is -2.63. The number of halogens is 1. The van der Waals surface area contributed by atoms with Crippen molar-refractivity contribution in [1.29, 1.82) is 0 Å². The fourth-order valence-electron chi connectivity index (χ4n) is 7.33. The first kappa shape index (κ1) is 49.2. The molecule has 3 aliphatic heterocycles. The molecule has 1 aromatic rings. The van der Waals surface area contributed by atoms with Crippen LogP contribution in [0, 0.1) is 5.92 Å². The number of nitrogens with zero attached hydrogens (tertiary/aromatic N) is 2. The number of ether oxygens (including phenoxy) is 5. The zero-order valence-electron chi connectivity index (χ0n) is 36.1. The van der Waals surface area contributed by atoms with E-state index in [4.69, 9.17) is 40.4 Å². The lowest BCUT2D eigenvalue weighted by Gasteiger charge is -2.42. The second-order valence-corrected chi connectivity index (χ2v) is 20.1. The van der Waals surface area contributed by atoms with Crippen LogP contribution in [0.25, 0.3) is 0 Å². The SMILES string of the molecule is COc1cc2cc(c1Cl)N(C)C(=O)CC(OC(=O)[C@H](C)N(C)C(=O)CCC(C)(C)SSCCCC(=O)O)[C@]1(C)O[C@H]1[C@H](C)[C@@H]1C[C@@](O)(NC(=O)O1)[C@H](OC)/C=C/C=C(/C)C2. The van der Waals surface area contributed by atoms with Gasteiger partial charge < -0.3 is 43.7 Å². The van der Waals surface area contributed by atoms with Gasteiger partial charge in [-0.25, -0.2) is 9.59 Å². The molecule has 18 heteroatoms. The number of alkyl carbamates (subject to hydrolysis) is 1. The third-order valence-corrected chi connectivity index (χ3v) is 15.2. The number of likely N-dealkylation sites (N-methyl/N-ethyl adjacent to an activating group) is 1. The van der Waals surface area contributed by atoms with Gasteiger partial charge in [-0.3, -0.25) is 19.7 Å². The van der Waals surface area contributed by atoms with Gasteiger partial charge in [-0.15, -0.1) is 0 Å². The number of anilines is 1. The largest absolute Gasteiger partial charge is 0.495 e. The first-order chi connectivity index (χ1) is 28.0. The van der Waals surface area contributed by atoms with Gasteiger partial charge in [0, 0.05) is 56.9 Å². The molecule has 8 atom stereocenters. The molecule has 0 spiro atoms. The van der Waals surface area contributed by atoms with E-state index in [1.54, 1.807) is 73.7 Å². The third kappa shape index (κ3) is 12.3. The van der Waals surface area contributed by atoms with E-state index in [-0.39, 0.29) is 41.4 Å². The molecule has 4 bridgehead atoms. The summed E-state index contributed by atoms with van der Waals surface area (Å²) in [6.07, 6.45) is 2.04. The normalized spacial score (nSPS) is 29.2. The molecule has 0 saturated carbocycles. The summed E-state index contributed by atoms with van der Waals surface area (Å²) >= 11 is 6.79. The van der Waals surface area contributed by atoms with Gasteiger partial charge in [0.05, 0.1) is 25.3 Å². The van der Waals surface area contributed by atoms with Crippen LogP contribution in [-0.2, 0) is 44.5 Å². The number of nitrogens with one attached hydrogen (secondary N) is 1. The summed E-state index contributed by atoms with van der Waals surface area (Å²) in [6.45, 7) is 11.0. The van der Waals surface area contributed by atoms with E-state index in [0.717, 1.165) is 11.1 Å². The van der Waals surface area contributed by atoms with Crippen LogP contribution in [0.4, 0.5) is 10.5 Å². The standard InChI is InChI=1S/C42H60ClN3O12S2/c1-24-13-11-14-31(55-10)42(53)23-30(56-39(52)44-42)25(2)37-41(6,58-37)32(22-34(48)46(8)28-20-27(19-24)21-29(54-9)36(28)43)57-38(51)26(3)45(7)33(47)16-17-40(4,5)60-59-18-12-15-35(49)50/h11,13-14,20-21,25-26,30-32,37,53H,12,15-19,22-23H2,1-10H3,(H,44,52)(H,49,50)/b14-11+,24-13-/t25-,26+,30+,31-,32?,37+,41+,42+/m1/s1. The highest BCUT2D eigenvalue weighted by Gasteiger charge is 2.64. The molecule has 0 aromatic heterocycles. The molecule has 4 rings (SSSR count). The first-order valence-corrected chi connectivity index (χ1v) is 22.6. The van der Waals surface area contributed by atoms with Gasteiger partial charge in [-0.2, -0.15) is 0 Å². The smallest absolute Gasteiger partial charge is 0.409 e. The average molecular weight is 899 g/mol. The quantitative estimate of drug-likeness (QED) is 0.0813. The Hall–Kier alpha value is -3.48. The van der Waals surface area contributed by atoms with Crippen molar-refractivity contribution in [1.82, 2.24) is 10.2 Å². The Bertz CT molecular complexity index is 1830. The number of amides is 3. The van der Waals surface area contributed by atoms with Crippen LogP contribution in [0.2, 0.25) is 5.02 Å². The minimum Gasteiger partial charge on any atom is -0.495 e. The molecule has 1 aromatic carbocycles. The van der Waals surface area contributed by atoms with Gasteiger partial charge in [-0.1, -0.05) is 63.9 Å². The maximum Gasteiger partial charge on any atom is 0.409 e. The van der Waals surface area contributed by atoms with Crippen molar-refractivity contribution >= 4 is 68.7 Å². The fraction of sp³-hybridized carbons (Fsp3) is 0.643. The molecular weight excluding hydrogens is 838 g/mol. The van der Waals surface area contributed by atoms with Crippen LogP contribution in [0.5, 0.6) is 5.75 Å². The van der Waals surface area contributed by atoms with E-state index in [2.05, 4.69) is 5.32 Å². The fourth-order valence-corrected chi connectivity index (χ4v) is 10.3. The van der Waals surface area contributed by atoms with E-state index in [0.29, 0.717) is 36.5 Å². The summed E-state index contributed by atoms with van der Waals surface area (Å²) in [5, 5.41) is 23.4. The maximum absolute atomic E-state index is 14.3. The number of hydrogen-bond donors (Lipinski definition) is 3. The van der Waals surface area contributed by atoms with Crippen LogP contribution in [0.3, 0.4) is 0 Å². The summed E-state index contributed by atoms with van der Waals surface area (Å²) in [7, 11) is 9.15. The Morgan fingerprint density at radius 3 is 2.55 bits per heavy atom. The molecule has 1 unspecified atom stereocenters. The van der Waals surface area contributed by atoms with E-state index in [1.165, 1.54) is 31.1 Å². The number of allylic oxidation sites excluding steroid dienone is 3. The highest BCUT2D eigenvalue weighted by atomic mass is 35.5. The number of aliphatic hydroxyl groups is 1. The Kier molecular flexibility index (Phi) is 16.9. The number of hydrogen-bond acceptors (Lipinski definition) is 13. The molecule has 0 radical (unpaired) electrons. The van der Waals surface area contributed by atoms with Gasteiger partial charge in [-0.05, 0) is 71.6 Å². The molecule has 3 aliphatic rings. The number of benzene rings is 1. The van der Waals surface area contributed by atoms with Crippen molar-refractivity contribution in [2.24, 2.45) is 5.92 Å². The predicted molar refractivity (Wildman–Crippen MR) is 231 cm³/mol. The van der Waals surface area contributed by atoms with Crippen molar-refractivity contribution < 1.29 is 57.9 Å². The molecule has 15 nitrogen and oxygen atoms in total. The zero-order valence-corrected chi connectivity index (χ0v) is 38.5. The second-order valence-electron chi connectivity index (χ2n) is 16.6. The highest BCUT2D eigenvalue weighted by Crippen LogP contribution is 2.49. The second kappa shape index (κ2) is 20.6. The number of carboxylic acids is 1. The van der Waals surface area contributed by atoms with Crippen molar-refractivity contribution in [2.75, 3.05) is 39.0 Å². The van der Waals surface area contributed by atoms with Gasteiger partial charge in [0.25, 0.3) is 0 Å². The van der Waals surface area contributed by atoms with Gasteiger partial charge in [0.15, 0.2) is 5.72 Å². The highest BCUT2D eigenvalue weighted by molar-refractivity contribution is 8.77. The van der Waals surface area contributed by atoms with Crippen LogP contribution >= 0.6 is 33.2 Å². The molecule has 334 valence electrons. The van der Waals surface area contributed by atoms with E-state index < -0.39 is 71.6 Å². The number of methoxy groups -OCH3 is 2.